The summed E-state index contributed by atoms with van der Waals surface area (Å²) in [4.78, 5) is 14.1. The Balaban J connectivity index is 1.65. The van der Waals surface area contributed by atoms with Gasteiger partial charge in [0.15, 0.2) is 0 Å². The van der Waals surface area contributed by atoms with Crippen LogP contribution in [0.5, 0.6) is 0 Å². The number of amides is 1. The van der Waals surface area contributed by atoms with Crippen molar-refractivity contribution in [1.82, 2.24) is 4.90 Å². The molecule has 2 aliphatic rings. The first kappa shape index (κ1) is 11.7. The fourth-order valence-corrected chi connectivity index (χ4v) is 2.80. The SMILES string of the molecule is N[C@@H]1CCN(C(=O)[C@H]2C[C@@H]2c2cccc(F)c2)C1. The minimum Gasteiger partial charge on any atom is -0.341 e. The molecule has 2 N–H and O–H groups in total. The summed E-state index contributed by atoms with van der Waals surface area (Å²) < 4.78 is 13.1. The molecule has 0 radical (unpaired) electrons. The van der Waals surface area contributed by atoms with E-state index in [4.69, 9.17) is 5.73 Å². The number of halogens is 1. The molecule has 1 heterocycles. The predicted molar refractivity (Wildman–Crippen MR) is 66.4 cm³/mol. The Hall–Kier alpha value is -1.42. The molecule has 3 rings (SSSR count). The van der Waals surface area contributed by atoms with Crippen molar-refractivity contribution in [2.75, 3.05) is 13.1 Å². The van der Waals surface area contributed by atoms with Crippen LogP contribution in [0.4, 0.5) is 4.39 Å². The Morgan fingerprint density at radius 3 is 2.94 bits per heavy atom. The van der Waals surface area contributed by atoms with Crippen LogP contribution in [0.1, 0.15) is 24.3 Å². The number of nitrogens with two attached hydrogens (primary N) is 1. The zero-order valence-corrected chi connectivity index (χ0v) is 10.2. The maximum Gasteiger partial charge on any atom is 0.226 e. The highest BCUT2D eigenvalue weighted by molar-refractivity contribution is 5.83. The molecule has 0 aromatic heterocycles. The molecule has 1 amide bonds. The van der Waals surface area contributed by atoms with Crippen LogP contribution in [-0.2, 0) is 4.79 Å². The molecule has 0 unspecified atom stereocenters. The second kappa shape index (κ2) is 4.35. The minimum atomic E-state index is -0.228. The Morgan fingerprint density at radius 2 is 2.28 bits per heavy atom. The van der Waals surface area contributed by atoms with Gasteiger partial charge in [-0.2, -0.15) is 0 Å². The first-order chi connectivity index (χ1) is 8.65. The predicted octanol–water partition coefficient (Wildman–Crippen LogP) is 1.49. The summed E-state index contributed by atoms with van der Waals surface area (Å²) >= 11 is 0. The number of benzene rings is 1. The van der Waals surface area contributed by atoms with Crippen LogP contribution in [0.15, 0.2) is 24.3 Å². The highest BCUT2D eigenvalue weighted by Gasteiger charge is 2.46. The van der Waals surface area contributed by atoms with Crippen LogP contribution in [-0.4, -0.2) is 29.9 Å². The van der Waals surface area contributed by atoms with Gasteiger partial charge in [0, 0.05) is 25.0 Å². The molecule has 4 heteroatoms. The minimum absolute atomic E-state index is 0.0390. The molecule has 2 fully saturated rings. The molecule has 1 aromatic rings. The Kier molecular flexibility index (Phi) is 2.82. The molecule has 18 heavy (non-hydrogen) atoms. The highest BCUT2D eigenvalue weighted by atomic mass is 19.1. The third-order valence-electron chi connectivity index (χ3n) is 3.92. The normalized spacial score (nSPS) is 30.6. The van der Waals surface area contributed by atoms with Crippen LogP contribution in [0.25, 0.3) is 0 Å². The number of hydrogen-bond donors (Lipinski definition) is 1. The lowest BCUT2D eigenvalue weighted by atomic mass is 10.1. The van der Waals surface area contributed by atoms with E-state index in [0.717, 1.165) is 24.9 Å². The molecule has 96 valence electrons. The first-order valence-corrected chi connectivity index (χ1v) is 6.45. The quantitative estimate of drug-likeness (QED) is 0.862. The lowest BCUT2D eigenvalue weighted by molar-refractivity contribution is -0.131. The first-order valence-electron chi connectivity index (χ1n) is 6.45. The van der Waals surface area contributed by atoms with E-state index >= 15 is 0 Å². The summed E-state index contributed by atoms with van der Waals surface area (Å²) in [6, 6.07) is 6.70. The monoisotopic (exact) mass is 248 g/mol. The molecule has 1 aliphatic carbocycles. The molecule has 1 saturated heterocycles. The lowest BCUT2D eigenvalue weighted by Crippen LogP contribution is -2.33. The van der Waals surface area contributed by atoms with Crippen molar-refractivity contribution >= 4 is 5.91 Å². The van der Waals surface area contributed by atoms with Crippen molar-refractivity contribution in [1.29, 1.82) is 0 Å². The van der Waals surface area contributed by atoms with Gasteiger partial charge in [-0.15, -0.1) is 0 Å². The maximum absolute atomic E-state index is 13.1. The van der Waals surface area contributed by atoms with Gasteiger partial charge in [0.1, 0.15) is 5.82 Å². The van der Waals surface area contributed by atoms with Crippen LogP contribution >= 0.6 is 0 Å². The van der Waals surface area contributed by atoms with E-state index in [-0.39, 0.29) is 29.6 Å². The summed E-state index contributed by atoms with van der Waals surface area (Å²) in [7, 11) is 0. The topological polar surface area (TPSA) is 46.3 Å². The van der Waals surface area contributed by atoms with Crippen molar-refractivity contribution < 1.29 is 9.18 Å². The second-order valence-corrected chi connectivity index (χ2v) is 5.34. The van der Waals surface area contributed by atoms with Gasteiger partial charge in [-0.3, -0.25) is 4.79 Å². The number of rotatable bonds is 2. The van der Waals surface area contributed by atoms with Gasteiger partial charge in [-0.1, -0.05) is 12.1 Å². The van der Waals surface area contributed by atoms with Crippen molar-refractivity contribution in [2.24, 2.45) is 11.7 Å². The summed E-state index contributed by atoms with van der Waals surface area (Å²) in [5.41, 5.74) is 6.75. The van der Waals surface area contributed by atoms with Crippen LogP contribution in [0.2, 0.25) is 0 Å². The second-order valence-electron chi connectivity index (χ2n) is 5.34. The van der Waals surface area contributed by atoms with Gasteiger partial charge in [-0.05, 0) is 36.5 Å². The largest absolute Gasteiger partial charge is 0.341 e. The molecule has 3 nitrogen and oxygen atoms in total. The number of hydrogen-bond acceptors (Lipinski definition) is 2. The molecule has 1 saturated carbocycles. The van der Waals surface area contributed by atoms with Gasteiger partial charge in [-0.25, -0.2) is 4.39 Å². The summed E-state index contributed by atoms with van der Waals surface area (Å²) in [5.74, 6) is 0.202. The average Bonchev–Trinajstić information content (AvgIpc) is 3.04. The van der Waals surface area contributed by atoms with Crippen molar-refractivity contribution in [3.63, 3.8) is 0 Å². The lowest BCUT2D eigenvalue weighted by Gasteiger charge is -2.15. The van der Waals surface area contributed by atoms with Gasteiger partial charge in [0.05, 0.1) is 0 Å². The zero-order valence-electron chi connectivity index (χ0n) is 10.2. The molecule has 1 aromatic carbocycles. The zero-order chi connectivity index (χ0) is 12.7. The number of likely N-dealkylation sites (tertiary alicyclic amines) is 1. The number of nitrogens with zero attached hydrogens (tertiary/aromatic N) is 1. The fraction of sp³-hybridized carbons (Fsp3) is 0.500. The van der Waals surface area contributed by atoms with Gasteiger partial charge >= 0.3 is 0 Å². The molecule has 3 atom stereocenters. The standard InChI is InChI=1S/C14H17FN2O/c15-10-3-1-2-9(6-10)12-7-13(12)14(18)17-5-4-11(16)8-17/h1-3,6,11-13H,4-5,7-8,16H2/t11-,12-,13+/m1/s1. The van der Waals surface area contributed by atoms with E-state index in [2.05, 4.69) is 0 Å². The average molecular weight is 248 g/mol. The van der Waals surface area contributed by atoms with Crippen LogP contribution < -0.4 is 5.73 Å². The van der Waals surface area contributed by atoms with Crippen LogP contribution in [0.3, 0.4) is 0 Å². The van der Waals surface area contributed by atoms with E-state index in [1.54, 1.807) is 6.07 Å². The Bertz CT molecular complexity index is 477. The van der Waals surface area contributed by atoms with Crippen molar-refractivity contribution in [3.8, 4) is 0 Å². The van der Waals surface area contributed by atoms with Gasteiger partial charge < -0.3 is 10.6 Å². The molecular weight excluding hydrogens is 231 g/mol. The highest BCUT2D eigenvalue weighted by Crippen LogP contribution is 2.48. The Morgan fingerprint density at radius 1 is 1.44 bits per heavy atom. The van der Waals surface area contributed by atoms with Crippen molar-refractivity contribution in [2.45, 2.75) is 24.8 Å². The van der Waals surface area contributed by atoms with E-state index in [1.165, 1.54) is 12.1 Å². The molecule has 0 spiro atoms. The third-order valence-corrected chi connectivity index (χ3v) is 3.92. The van der Waals surface area contributed by atoms with Gasteiger partial charge in [0.25, 0.3) is 0 Å². The van der Waals surface area contributed by atoms with E-state index < -0.39 is 0 Å². The smallest absolute Gasteiger partial charge is 0.226 e. The Labute approximate surface area is 106 Å². The van der Waals surface area contributed by atoms with Crippen molar-refractivity contribution in [3.05, 3.63) is 35.6 Å². The van der Waals surface area contributed by atoms with E-state index in [1.807, 2.05) is 11.0 Å². The molecule has 0 bridgehead atoms. The number of carbonyl (C=O) groups excluding carboxylic acids is 1. The molecular formula is C14H17FN2O. The van der Waals surface area contributed by atoms with E-state index in [0.29, 0.717) is 6.54 Å². The maximum atomic E-state index is 13.1. The number of carbonyl (C=O) groups is 1. The summed E-state index contributed by atoms with van der Waals surface area (Å²) in [6.07, 6.45) is 1.73. The molecule has 1 aliphatic heterocycles. The third kappa shape index (κ3) is 2.12. The summed E-state index contributed by atoms with van der Waals surface area (Å²) in [6.45, 7) is 1.44. The van der Waals surface area contributed by atoms with Gasteiger partial charge in [0.2, 0.25) is 5.91 Å². The van der Waals surface area contributed by atoms with Crippen LogP contribution in [0, 0.1) is 11.7 Å². The van der Waals surface area contributed by atoms with E-state index in [9.17, 15) is 9.18 Å². The fourth-order valence-electron chi connectivity index (χ4n) is 2.80. The summed E-state index contributed by atoms with van der Waals surface area (Å²) in [5, 5.41) is 0.